The number of halogens is 1. The van der Waals surface area contributed by atoms with Crippen LogP contribution in [0.25, 0.3) is 0 Å². The number of carbonyl (C=O) groups excluding carboxylic acids is 2. The third-order valence-corrected chi connectivity index (χ3v) is 6.31. The molecule has 2 unspecified atom stereocenters. The average Bonchev–Trinajstić information content (AvgIpc) is 3.12. The van der Waals surface area contributed by atoms with Crippen LogP contribution in [0.4, 0.5) is 0 Å². The van der Waals surface area contributed by atoms with E-state index in [4.69, 9.17) is 14.2 Å². The van der Waals surface area contributed by atoms with Crippen molar-refractivity contribution in [1.82, 2.24) is 0 Å². The maximum Gasteiger partial charge on any atom is 0.219 e. The summed E-state index contributed by atoms with van der Waals surface area (Å²) in [6.45, 7) is 4.60. The van der Waals surface area contributed by atoms with Crippen molar-refractivity contribution in [2.45, 2.75) is 31.8 Å². The van der Waals surface area contributed by atoms with Gasteiger partial charge in [-0.2, -0.15) is 0 Å². The largest absolute Gasteiger partial charge is 0.494 e. The van der Waals surface area contributed by atoms with E-state index in [0.29, 0.717) is 41.6 Å². The Morgan fingerprint density at radius 1 is 1.00 bits per heavy atom. The number of rotatable bonds is 9. The van der Waals surface area contributed by atoms with E-state index < -0.39 is 11.5 Å². The Morgan fingerprint density at radius 3 is 2.33 bits per heavy atom. The van der Waals surface area contributed by atoms with Crippen LogP contribution in [0.5, 0.6) is 17.2 Å². The number of hydrogen-bond donors (Lipinski definition) is 0. The number of Topliss-reactive ketones (excluding diaryl/α,β-unsaturated/α-hetero) is 1. The number of benzene rings is 3. The topological polar surface area (TPSA) is 61.8 Å². The second kappa shape index (κ2) is 9.79. The molecule has 0 N–H and O–H groups in total. The van der Waals surface area contributed by atoms with Gasteiger partial charge in [0.1, 0.15) is 29.1 Å². The molecule has 0 fully saturated rings. The minimum Gasteiger partial charge on any atom is -0.494 e. The molecule has 0 saturated heterocycles. The van der Waals surface area contributed by atoms with Crippen LogP contribution in [0, 0.1) is 0 Å². The molecule has 0 aromatic heterocycles. The molecule has 5 nitrogen and oxygen atoms in total. The Morgan fingerprint density at radius 2 is 1.70 bits per heavy atom. The monoisotopic (exact) mass is 508 g/mol. The average molecular weight is 509 g/mol. The van der Waals surface area contributed by atoms with Gasteiger partial charge in [-0.3, -0.25) is 4.79 Å². The first-order valence-corrected chi connectivity index (χ1v) is 11.8. The van der Waals surface area contributed by atoms with Gasteiger partial charge in [0, 0.05) is 34.5 Å². The van der Waals surface area contributed by atoms with Gasteiger partial charge in [-0.05, 0) is 31.5 Å². The first-order valence-electron chi connectivity index (χ1n) is 11.0. The molecule has 0 bridgehead atoms. The van der Waals surface area contributed by atoms with E-state index in [1.165, 1.54) is 0 Å². The lowest BCUT2D eigenvalue weighted by Gasteiger charge is -2.35. The maximum atomic E-state index is 14.3. The molecule has 0 aliphatic carbocycles. The Labute approximate surface area is 201 Å². The molecule has 4 rings (SSSR count). The highest BCUT2D eigenvalue weighted by molar-refractivity contribution is 9.10. The molecule has 1 aliphatic rings. The highest BCUT2D eigenvalue weighted by Crippen LogP contribution is 2.54. The quantitative estimate of drug-likeness (QED) is 0.327. The van der Waals surface area contributed by atoms with Crippen molar-refractivity contribution < 1.29 is 23.8 Å². The van der Waals surface area contributed by atoms with Crippen molar-refractivity contribution in [1.29, 1.82) is 0 Å². The molecule has 3 aromatic carbocycles. The Hall–Kier alpha value is -3.12. The van der Waals surface area contributed by atoms with Gasteiger partial charge >= 0.3 is 0 Å². The minimum atomic E-state index is -1.43. The van der Waals surface area contributed by atoms with Gasteiger partial charge in [-0.1, -0.05) is 58.4 Å². The van der Waals surface area contributed by atoms with Crippen LogP contribution in [-0.4, -0.2) is 25.3 Å². The van der Waals surface area contributed by atoms with Gasteiger partial charge in [0.2, 0.25) is 11.4 Å². The predicted octanol–water partition coefficient (Wildman–Crippen LogP) is 6.09. The fraction of sp³-hybridized carbons (Fsp3) is 0.259. The summed E-state index contributed by atoms with van der Waals surface area (Å²) < 4.78 is 19.0. The summed E-state index contributed by atoms with van der Waals surface area (Å²) in [6.07, 6.45) is 0.953. The second-order valence-electron chi connectivity index (χ2n) is 7.70. The standard InChI is InChI=1S/C27H25BrO5/c1-3-31-21-16-23(32-4-2)25-24(17-21)33-27(26(25)30,19-10-12-20(28)13-11-19)22(14-15-29)18-8-6-5-7-9-18/h5-13,15-17,22H,3-4,14H2,1-2H3. The molecule has 6 heteroatoms. The summed E-state index contributed by atoms with van der Waals surface area (Å²) in [4.78, 5) is 26.1. The number of ether oxygens (including phenoxy) is 3. The molecule has 3 aromatic rings. The van der Waals surface area contributed by atoms with E-state index in [9.17, 15) is 9.59 Å². The van der Waals surface area contributed by atoms with Crippen LogP contribution in [0.3, 0.4) is 0 Å². The van der Waals surface area contributed by atoms with Crippen LogP contribution in [0.2, 0.25) is 0 Å². The van der Waals surface area contributed by atoms with E-state index in [2.05, 4.69) is 15.9 Å². The molecular formula is C27H25BrO5. The maximum absolute atomic E-state index is 14.3. The van der Waals surface area contributed by atoms with Crippen LogP contribution in [0.1, 0.15) is 47.7 Å². The molecule has 1 heterocycles. The normalized spacial score (nSPS) is 17.7. The summed E-state index contributed by atoms with van der Waals surface area (Å²) in [7, 11) is 0. The van der Waals surface area contributed by atoms with Gasteiger partial charge in [0.25, 0.3) is 0 Å². The van der Waals surface area contributed by atoms with Crippen molar-refractivity contribution in [3.63, 3.8) is 0 Å². The van der Waals surface area contributed by atoms with E-state index in [1.54, 1.807) is 12.1 Å². The molecule has 33 heavy (non-hydrogen) atoms. The number of carbonyl (C=O) groups is 2. The highest BCUT2D eigenvalue weighted by atomic mass is 79.9. The second-order valence-corrected chi connectivity index (χ2v) is 8.62. The molecule has 0 spiro atoms. The molecule has 170 valence electrons. The summed E-state index contributed by atoms with van der Waals surface area (Å²) in [5.74, 6) is 0.597. The SMILES string of the molecule is CCOc1cc(OCC)c2c(c1)OC(c1ccc(Br)cc1)(C(CC=O)c1ccccc1)C2=O. The van der Waals surface area contributed by atoms with Crippen molar-refractivity contribution in [2.75, 3.05) is 13.2 Å². The number of hydrogen-bond acceptors (Lipinski definition) is 5. The number of aldehydes is 1. The fourth-order valence-electron chi connectivity index (χ4n) is 4.43. The van der Waals surface area contributed by atoms with Gasteiger partial charge in [-0.15, -0.1) is 0 Å². The molecule has 2 atom stereocenters. The third-order valence-electron chi connectivity index (χ3n) is 5.78. The highest BCUT2D eigenvalue weighted by Gasteiger charge is 2.56. The van der Waals surface area contributed by atoms with E-state index in [0.717, 1.165) is 16.3 Å². The first kappa shape index (κ1) is 23.1. The number of fused-ring (bicyclic) bond motifs is 1. The van der Waals surface area contributed by atoms with Crippen LogP contribution in [-0.2, 0) is 10.4 Å². The first-order chi connectivity index (χ1) is 16.0. The summed E-state index contributed by atoms with van der Waals surface area (Å²) in [5, 5.41) is 0. The molecular weight excluding hydrogens is 484 g/mol. The lowest BCUT2D eigenvalue weighted by Crippen LogP contribution is -2.43. The van der Waals surface area contributed by atoms with Crippen LogP contribution in [0.15, 0.2) is 71.2 Å². The van der Waals surface area contributed by atoms with Crippen LogP contribution >= 0.6 is 15.9 Å². The zero-order valence-corrected chi connectivity index (χ0v) is 20.1. The van der Waals surface area contributed by atoms with Crippen LogP contribution < -0.4 is 14.2 Å². The van der Waals surface area contributed by atoms with E-state index in [-0.39, 0.29) is 12.2 Å². The summed E-state index contributed by atoms with van der Waals surface area (Å²) >= 11 is 3.47. The molecule has 0 amide bonds. The van der Waals surface area contributed by atoms with Gasteiger partial charge in [-0.25, -0.2) is 0 Å². The van der Waals surface area contributed by atoms with E-state index in [1.807, 2.05) is 68.4 Å². The number of ketones is 1. The van der Waals surface area contributed by atoms with Gasteiger partial charge in [0.05, 0.1) is 13.2 Å². The fourth-order valence-corrected chi connectivity index (χ4v) is 4.70. The summed E-state index contributed by atoms with van der Waals surface area (Å²) in [6, 6.07) is 20.4. The Balaban J connectivity index is 1.97. The lowest BCUT2D eigenvalue weighted by atomic mass is 9.72. The predicted molar refractivity (Wildman–Crippen MR) is 129 cm³/mol. The van der Waals surface area contributed by atoms with Gasteiger partial charge in [0.15, 0.2) is 0 Å². The zero-order valence-electron chi connectivity index (χ0n) is 18.5. The van der Waals surface area contributed by atoms with Gasteiger partial charge < -0.3 is 19.0 Å². The molecule has 0 saturated carbocycles. The molecule has 1 aliphatic heterocycles. The summed E-state index contributed by atoms with van der Waals surface area (Å²) in [5.41, 5.74) is 0.455. The van der Waals surface area contributed by atoms with Crippen molar-refractivity contribution in [2.24, 2.45) is 0 Å². The Bertz CT molecular complexity index is 1140. The van der Waals surface area contributed by atoms with E-state index >= 15 is 0 Å². The minimum absolute atomic E-state index is 0.113. The van der Waals surface area contributed by atoms with Crippen molar-refractivity contribution >= 4 is 28.0 Å². The zero-order chi connectivity index (χ0) is 23.4. The van der Waals surface area contributed by atoms with Crippen molar-refractivity contribution in [3.8, 4) is 17.2 Å². The van der Waals surface area contributed by atoms with Crippen molar-refractivity contribution in [3.05, 3.63) is 87.9 Å². The molecule has 0 radical (unpaired) electrons. The smallest absolute Gasteiger partial charge is 0.219 e. The third kappa shape index (κ3) is 4.15. The Kier molecular flexibility index (Phi) is 6.84. The lowest BCUT2D eigenvalue weighted by molar-refractivity contribution is -0.109.